The lowest BCUT2D eigenvalue weighted by atomic mass is 10.0. The van der Waals surface area contributed by atoms with Gasteiger partial charge >= 0.3 is 0 Å². The predicted molar refractivity (Wildman–Crippen MR) is 92.0 cm³/mol. The summed E-state index contributed by atoms with van der Waals surface area (Å²) in [6.07, 6.45) is -1.06. The van der Waals surface area contributed by atoms with Crippen LogP contribution in [0.1, 0.15) is 38.0 Å². The Hall–Kier alpha value is -1.40. The molecule has 0 aromatic heterocycles. The van der Waals surface area contributed by atoms with E-state index >= 15 is 0 Å². The second-order valence-corrected chi connectivity index (χ2v) is 8.43. The van der Waals surface area contributed by atoms with E-state index in [0.717, 1.165) is 0 Å². The number of aliphatic hydroxyl groups is 1. The predicted octanol–water partition coefficient (Wildman–Crippen LogP) is 3.50. The quantitative estimate of drug-likeness (QED) is 0.884. The van der Waals surface area contributed by atoms with E-state index in [0.29, 0.717) is 16.1 Å². The molecule has 0 aliphatic rings. The molecule has 0 aliphatic carbocycles. The first-order valence-corrected chi connectivity index (χ1v) is 9.03. The summed E-state index contributed by atoms with van der Waals surface area (Å²) in [6, 6.07) is 13.1. The van der Waals surface area contributed by atoms with Crippen molar-refractivity contribution in [1.29, 1.82) is 0 Å². The SMILES string of the molecule is CC(C)(C)NS(=O)(=O)c1ccccc1C(O)c1ccc(Cl)cc1. The standard InChI is InChI=1S/C17H20ClNO3S/c1-17(2,3)19-23(21,22)15-7-5-4-6-14(15)16(20)12-8-10-13(18)11-9-12/h4-11,16,19-20H,1-3H3. The van der Waals surface area contributed by atoms with Crippen molar-refractivity contribution in [2.45, 2.75) is 37.3 Å². The number of benzene rings is 2. The molecule has 1 unspecified atom stereocenters. The smallest absolute Gasteiger partial charge is 0.241 e. The molecule has 2 aromatic carbocycles. The maximum absolute atomic E-state index is 12.6. The van der Waals surface area contributed by atoms with E-state index in [-0.39, 0.29) is 4.90 Å². The summed E-state index contributed by atoms with van der Waals surface area (Å²) < 4.78 is 27.8. The average molecular weight is 354 g/mol. The van der Waals surface area contributed by atoms with E-state index in [1.54, 1.807) is 63.2 Å². The molecule has 0 saturated heterocycles. The maximum atomic E-state index is 12.6. The molecule has 124 valence electrons. The van der Waals surface area contributed by atoms with Gasteiger partial charge in [0.05, 0.1) is 4.90 Å². The normalized spacial score (nSPS) is 13.8. The van der Waals surface area contributed by atoms with E-state index < -0.39 is 21.7 Å². The second kappa shape index (κ2) is 6.61. The first-order chi connectivity index (χ1) is 10.6. The number of rotatable bonds is 4. The Morgan fingerprint density at radius 1 is 1.04 bits per heavy atom. The first-order valence-electron chi connectivity index (χ1n) is 7.16. The van der Waals surface area contributed by atoms with Gasteiger partial charge in [-0.2, -0.15) is 0 Å². The third kappa shape index (κ3) is 4.54. The summed E-state index contributed by atoms with van der Waals surface area (Å²) in [5.74, 6) is 0. The minimum atomic E-state index is -3.75. The Balaban J connectivity index is 2.47. The summed E-state index contributed by atoms with van der Waals surface area (Å²) in [6.45, 7) is 5.30. The van der Waals surface area contributed by atoms with Crippen molar-refractivity contribution in [3.8, 4) is 0 Å². The molecule has 2 rings (SSSR count). The Morgan fingerprint density at radius 2 is 1.61 bits per heavy atom. The van der Waals surface area contributed by atoms with Crippen LogP contribution in [0.5, 0.6) is 0 Å². The fraction of sp³-hybridized carbons (Fsp3) is 0.294. The number of sulfonamides is 1. The zero-order valence-corrected chi connectivity index (χ0v) is 14.8. The van der Waals surface area contributed by atoms with Crippen LogP contribution < -0.4 is 4.72 Å². The van der Waals surface area contributed by atoms with Crippen LogP contribution in [0.2, 0.25) is 5.02 Å². The largest absolute Gasteiger partial charge is 0.384 e. The van der Waals surface area contributed by atoms with Crippen LogP contribution in [0.15, 0.2) is 53.4 Å². The summed E-state index contributed by atoms with van der Waals surface area (Å²) >= 11 is 5.85. The number of nitrogens with one attached hydrogen (secondary N) is 1. The molecule has 6 heteroatoms. The van der Waals surface area contributed by atoms with Crippen molar-refractivity contribution in [1.82, 2.24) is 4.72 Å². The number of hydrogen-bond donors (Lipinski definition) is 2. The van der Waals surface area contributed by atoms with Gasteiger partial charge in [0.25, 0.3) is 0 Å². The molecule has 2 aromatic rings. The number of halogens is 1. The molecule has 0 fully saturated rings. The molecule has 0 saturated carbocycles. The highest BCUT2D eigenvalue weighted by Crippen LogP contribution is 2.29. The molecule has 0 aliphatic heterocycles. The van der Waals surface area contributed by atoms with Gasteiger partial charge in [0.1, 0.15) is 6.10 Å². The van der Waals surface area contributed by atoms with Crippen molar-refractivity contribution < 1.29 is 13.5 Å². The van der Waals surface area contributed by atoms with Crippen molar-refractivity contribution >= 4 is 21.6 Å². The summed E-state index contributed by atoms with van der Waals surface area (Å²) in [5.41, 5.74) is 0.288. The lowest BCUT2D eigenvalue weighted by Gasteiger charge is -2.23. The van der Waals surface area contributed by atoms with Crippen LogP contribution in [0, 0.1) is 0 Å². The van der Waals surface area contributed by atoms with Gasteiger partial charge < -0.3 is 5.11 Å². The van der Waals surface area contributed by atoms with E-state index in [2.05, 4.69) is 4.72 Å². The van der Waals surface area contributed by atoms with E-state index in [1.165, 1.54) is 6.07 Å². The van der Waals surface area contributed by atoms with Gasteiger partial charge in [-0.1, -0.05) is 41.9 Å². The zero-order chi connectivity index (χ0) is 17.3. The van der Waals surface area contributed by atoms with Gasteiger partial charge in [-0.05, 0) is 44.5 Å². The number of hydrogen-bond acceptors (Lipinski definition) is 3. The third-order valence-electron chi connectivity index (χ3n) is 3.13. The fourth-order valence-electron chi connectivity index (χ4n) is 2.23. The van der Waals surface area contributed by atoms with E-state index in [1.807, 2.05) is 0 Å². The molecular weight excluding hydrogens is 334 g/mol. The zero-order valence-electron chi connectivity index (χ0n) is 13.2. The van der Waals surface area contributed by atoms with Crippen LogP contribution in [-0.2, 0) is 10.0 Å². The second-order valence-electron chi connectivity index (χ2n) is 6.35. The topological polar surface area (TPSA) is 66.4 Å². The molecule has 0 radical (unpaired) electrons. The molecule has 2 N–H and O–H groups in total. The molecule has 0 heterocycles. The first kappa shape index (κ1) is 17.9. The van der Waals surface area contributed by atoms with Crippen molar-refractivity contribution in [2.75, 3.05) is 0 Å². The minimum Gasteiger partial charge on any atom is -0.384 e. The van der Waals surface area contributed by atoms with Crippen molar-refractivity contribution in [3.05, 3.63) is 64.7 Å². The van der Waals surface area contributed by atoms with Gasteiger partial charge in [-0.25, -0.2) is 13.1 Å². The Morgan fingerprint density at radius 3 is 2.17 bits per heavy atom. The molecular formula is C17H20ClNO3S. The Bertz CT molecular complexity index is 780. The maximum Gasteiger partial charge on any atom is 0.241 e. The van der Waals surface area contributed by atoms with E-state index in [9.17, 15) is 13.5 Å². The van der Waals surface area contributed by atoms with Crippen LogP contribution >= 0.6 is 11.6 Å². The summed E-state index contributed by atoms with van der Waals surface area (Å²) in [7, 11) is -3.75. The van der Waals surface area contributed by atoms with Crippen LogP contribution in [-0.4, -0.2) is 19.1 Å². The van der Waals surface area contributed by atoms with Crippen LogP contribution in [0.3, 0.4) is 0 Å². The highest BCUT2D eigenvalue weighted by atomic mass is 35.5. The molecule has 0 amide bonds. The molecule has 0 bridgehead atoms. The molecule has 23 heavy (non-hydrogen) atoms. The summed E-state index contributed by atoms with van der Waals surface area (Å²) in [5, 5.41) is 11.1. The molecule has 0 spiro atoms. The molecule has 1 atom stereocenters. The van der Waals surface area contributed by atoms with Gasteiger partial charge in [0.15, 0.2) is 0 Å². The lowest BCUT2D eigenvalue weighted by Crippen LogP contribution is -2.40. The molecule has 4 nitrogen and oxygen atoms in total. The van der Waals surface area contributed by atoms with Crippen molar-refractivity contribution in [2.24, 2.45) is 0 Å². The van der Waals surface area contributed by atoms with Crippen LogP contribution in [0.25, 0.3) is 0 Å². The summed E-state index contributed by atoms with van der Waals surface area (Å²) in [4.78, 5) is 0.0670. The van der Waals surface area contributed by atoms with Gasteiger partial charge in [0.2, 0.25) is 10.0 Å². The Labute approximate surface area is 142 Å². The fourth-order valence-corrected chi connectivity index (χ4v) is 4.02. The van der Waals surface area contributed by atoms with E-state index in [4.69, 9.17) is 11.6 Å². The van der Waals surface area contributed by atoms with Gasteiger partial charge in [0, 0.05) is 16.1 Å². The van der Waals surface area contributed by atoms with Gasteiger partial charge in [-0.15, -0.1) is 0 Å². The van der Waals surface area contributed by atoms with Crippen molar-refractivity contribution in [3.63, 3.8) is 0 Å². The minimum absolute atomic E-state index is 0.0670. The highest BCUT2D eigenvalue weighted by Gasteiger charge is 2.26. The lowest BCUT2D eigenvalue weighted by molar-refractivity contribution is 0.217. The van der Waals surface area contributed by atoms with Gasteiger partial charge in [-0.3, -0.25) is 0 Å². The third-order valence-corrected chi connectivity index (χ3v) is 5.21. The average Bonchev–Trinajstić information content (AvgIpc) is 2.45. The number of aliphatic hydroxyl groups excluding tert-OH is 1. The monoisotopic (exact) mass is 353 g/mol. The highest BCUT2D eigenvalue weighted by molar-refractivity contribution is 7.89. The van der Waals surface area contributed by atoms with Crippen LogP contribution in [0.4, 0.5) is 0 Å². The Kier molecular flexibility index (Phi) is 5.16.